The summed E-state index contributed by atoms with van der Waals surface area (Å²) >= 11 is 0. The fraction of sp³-hybridized carbons (Fsp3) is 0.917. The number of nitrogens with one attached hydrogen (secondary N) is 1. The van der Waals surface area contributed by atoms with Crippen LogP contribution in [0.25, 0.3) is 0 Å². The van der Waals surface area contributed by atoms with Crippen LogP contribution in [-0.2, 0) is 14.6 Å². The van der Waals surface area contributed by atoms with Crippen LogP contribution in [0.2, 0.25) is 0 Å². The van der Waals surface area contributed by atoms with Crippen molar-refractivity contribution in [3.63, 3.8) is 0 Å². The quantitative estimate of drug-likeness (QED) is 0.793. The van der Waals surface area contributed by atoms with E-state index in [1.807, 2.05) is 6.92 Å². The Morgan fingerprint density at radius 1 is 1.33 bits per heavy atom. The van der Waals surface area contributed by atoms with Crippen LogP contribution < -0.4 is 5.32 Å². The van der Waals surface area contributed by atoms with Gasteiger partial charge >= 0.3 is 0 Å². The summed E-state index contributed by atoms with van der Waals surface area (Å²) in [5.74, 6) is 0.00906. The first kappa shape index (κ1) is 13.8. The number of amides is 1. The Morgan fingerprint density at radius 2 is 2.06 bits per heavy atom. The van der Waals surface area contributed by atoms with Gasteiger partial charge in [0.05, 0.1) is 11.8 Å². The smallest absolute Gasteiger partial charge is 0.241 e. The largest absolute Gasteiger partial charge is 0.336 e. The molecular formula is C12H22N2O3S. The number of nitrogens with zero attached hydrogens (tertiary/aromatic N) is 1. The first-order valence-electron chi connectivity index (χ1n) is 6.79. The predicted molar refractivity (Wildman–Crippen MR) is 70.1 cm³/mol. The lowest BCUT2D eigenvalue weighted by atomic mass is 10.1. The van der Waals surface area contributed by atoms with E-state index in [-0.39, 0.29) is 17.7 Å². The predicted octanol–water partition coefficient (Wildman–Crippen LogP) is 0.164. The van der Waals surface area contributed by atoms with Gasteiger partial charge in [-0.15, -0.1) is 0 Å². The Morgan fingerprint density at radius 3 is 2.56 bits per heavy atom. The lowest BCUT2D eigenvalue weighted by molar-refractivity contribution is -0.134. The van der Waals surface area contributed by atoms with Crippen molar-refractivity contribution in [2.75, 3.05) is 25.4 Å². The van der Waals surface area contributed by atoms with Gasteiger partial charge in [-0.3, -0.25) is 4.79 Å². The summed E-state index contributed by atoms with van der Waals surface area (Å²) in [5.41, 5.74) is 0. The molecule has 2 aliphatic rings. The van der Waals surface area contributed by atoms with Gasteiger partial charge in [0.15, 0.2) is 9.84 Å². The molecule has 6 heteroatoms. The maximum atomic E-state index is 12.5. The first-order chi connectivity index (χ1) is 8.56. The van der Waals surface area contributed by atoms with Crippen LogP contribution in [0.4, 0.5) is 0 Å². The van der Waals surface area contributed by atoms with Crippen molar-refractivity contribution >= 4 is 15.7 Å². The molecule has 18 heavy (non-hydrogen) atoms. The van der Waals surface area contributed by atoms with Crippen LogP contribution in [0.15, 0.2) is 0 Å². The molecule has 1 atom stereocenters. The van der Waals surface area contributed by atoms with Crippen molar-refractivity contribution < 1.29 is 13.2 Å². The van der Waals surface area contributed by atoms with E-state index in [9.17, 15) is 13.2 Å². The molecule has 2 saturated heterocycles. The first-order valence-corrected chi connectivity index (χ1v) is 8.50. The summed E-state index contributed by atoms with van der Waals surface area (Å²) in [4.78, 5) is 14.2. The molecule has 0 aromatic rings. The zero-order chi connectivity index (χ0) is 13.2. The zero-order valence-corrected chi connectivity index (χ0v) is 11.7. The highest BCUT2D eigenvalue weighted by Gasteiger charge is 2.40. The minimum atomic E-state index is -3.22. The molecule has 1 unspecified atom stereocenters. The Hall–Kier alpha value is -0.620. The fourth-order valence-electron chi connectivity index (χ4n) is 2.62. The standard InChI is InChI=1S/C12H22N2O3S/c1-2-6-14(10-8-13-9-10)12(15)11-5-3-4-7-18(11,16)17/h10-11,13H,2-9H2,1H3. The number of carbonyl (C=O) groups excluding carboxylic acids is 1. The van der Waals surface area contributed by atoms with Gasteiger partial charge in [0.25, 0.3) is 0 Å². The maximum absolute atomic E-state index is 12.5. The van der Waals surface area contributed by atoms with Crippen LogP contribution in [0, 0.1) is 0 Å². The molecule has 0 aliphatic carbocycles. The number of hydrogen-bond acceptors (Lipinski definition) is 4. The number of carbonyl (C=O) groups is 1. The van der Waals surface area contributed by atoms with E-state index in [1.165, 1.54) is 0 Å². The van der Waals surface area contributed by atoms with E-state index < -0.39 is 15.1 Å². The van der Waals surface area contributed by atoms with Gasteiger partial charge in [0, 0.05) is 19.6 Å². The zero-order valence-electron chi connectivity index (χ0n) is 10.9. The Kier molecular flexibility index (Phi) is 4.27. The average molecular weight is 274 g/mol. The lowest BCUT2D eigenvalue weighted by Gasteiger charge is -2.40. The topological polar surface area (TPSA) is 66.5 Å². The normalized spacial score (nSPS) is 27.5. The Bertz CT molecular complexity index is 404. The molecule has 2 heterocycles. The Labute approximate surface area is 109 Å². The number of sulfone groups is 1. The molecule has 104 valence electrons. The third kappa shape index (κ3) is 2.69. The summed E-state index contributed by atoms with van der Waals surface area (Å²) in [7, 11) is -3.22. The molecule has 0 bridgehead atoms. The fourth-order valence-corrected chi connectivity index (χ4v) is 4.48. The van der Waals surface area contributed by atoms with Crippen LogP contribution in [0.3, 0.4) is 0 Å². The molecular weight excluding hydrogens is 252 g/mol. The second-order valence-electron chi connectivity index (χ2n) is 5.20. The van der Waals surface area contributed by atoms with Crippen LogP contribution in [0.1, 0.15) is 32.6 Å². The SMILES string of the molecule is CCCN(C(=O)C1CCCCS1(=O)=O)C1CNC1. The molecule has 2 fully saturated rings. The van der Waals surface area contributed by atoms with E-state index in [2.05, 4.69) is 5.32 Å². The second-order valence-corrected chi connectivity index (χ2v) is 7.50. The molecule has 0 radical (unpaired) electrons. The van der Waals surface area contributed by atoms with Gasteiger partial charge < -0.3 is 10.2 Å². The van der Waals surface area contributed by atoms with Crippen LogP contribution >= 0.6 is 0 Å². The average Bonchev–Trinajstić information content (AvgIpc) is 2.24. The summed E-state index contributed by atoms with van der Waals surface area (Å²) in [6.45, 7) is 4.26. The van der Waals surface area contributed by atoms with Crippen molar-refractivity contribution in [2.24, 2.45) is 0 Å². The van der Waals surface area contributed by atoms with Crippen molar-refractivity contribution in [1.82, 2.24) is 10.2 Å². The molecule has 2 rings (SSSR count). The van der Waals surface area contributed by atoms with Gasteiger partial charge in [-0.2, -0.15) is 0 Å². The molecule has 0 aromatic carbocycles. The van der Waals surface area contributed by atoms with Gasteiger partial charge in [0.1, 0.15) is 5.25 Å². The summed E-state index contributed by atoms with van der Waals surface area (Å²) in [6, 6.07) is 0.189. The lowest BCUT2D eigenvalue weighted by Crippen LogP contribution is -2.61. The molecule has 1 amide bonds. The number of hydrogen-bond donors (Lipinski definition) is 1. The summed E-state index contributed by atoms with van der Waals surface area (Å²) in [5, 5.41) is 2.36. The summed E-state index contributed by atoms with van der Waals surface area (Å²) in [6.07, 6.45) is 2.92. The maximum Gasteiger partial charge on any atom is 0.241 e. The highest BCUT2D eigenvalue weighted by molar-refractivity contribution is 7.92. The second kappa shape index (κ2) is 5.57. The highest BCUT2D eigenvalue weighted by Crippen LogP contribution is 2.23. The molecule has 0 aromatic heterocycles. The highest BCUT2D eigenvalue weighted by atomic mass is 32.2. The number of rotatable bonds is 4. The third-order valence-corrected chi connectivity index (χ3v) is 5.96. The van der Waals surface area contributed by atoms with Gasteiger partial charge in [-0.05, 0) is 19.3 Å². The van der Waals surface area contributed by atoms with E-state index in [1.54, 1.807) is 4.90 Å². The third-order valence-electron chi connectivity index (χ3n) is 3.80. The molecule has 2 aliphatic heterocycles. The van der Waals surface area contributed by atoms with E-state index >= 15 is 0 Å². The molecule has 0 spiro atoms. The molecule has 5 nitrogen and oxygen atoms in total. The molecule has 0 saturated carbocycles. The van der Waals surface area contributed by atoms with Crippen LogP contribution in [-0.4, -0.2) is 55.9 Å². The summed E-state index contributed by atoms with van der Waals surface area (Å²) < 4.78 is 24.0. The molecule has 1 N–H and O–H groups in total. The van der Waals surface area contributed by atoms with Crippen LogP contribution in [0.5, 0.6) is 0 Å². The van der Waals surface area contributed by atoms with Crippen molar-refractivity contribution in [2.45, 2.75) is 43.9 Å². The monoisotopic (exact) mass is 274 g/mol. The van der Waals surface area contributed by atoms with Gasteiger partial charge in [-0.1, -0.05) is 13.3 Å². The van der Waals surface area contributed by atoms with E-state index in [0.717, 1.165) is 25.9 Å². The van der Waals surface area contributed by atoms with E-state index in [0.29, 0.717) is 19.4 Å². The minimum absolute atomic E-state index is 0.164. The van der Waals surface area contributed by atoms with Crippen molar-refractivity contribution in [3.05, 3.63) is 0 Å². The van der Waals surface area contributed by atoms with Crippen molar-refractivity contribution in [1.29, 1.82) is 0 Å². The Balaban J connectivity index is 2.11. The van der Waals surface area contributed by atoms with Crippen molar-refractivity contribution in [3.8, 4) is 0 Å². The van der Waals surface area contributed by atoms with Gasteiger partial charge in [0.2, 0.25) is 5.91 Å². The van der Waals surface area contributed by atoms with Gasteiger partial charge in [-0.25, -0.2) is 8.42 Å². The van der Waals surface area contributed by atoms with E-state index in [4.69, 9.17) is 0 Å². The minimum Gasteiger partial charge on any atom is -0.336 e.